The van der Waals surface area contributed by atoms with Crippen LogP contribution in [0.25, 0.3) is 11.5 Å². The maximum atomic E-state index is 13.0. The topological polar surface area (TPSA) is 67.2 Å². The van der Waals surface area contributed by atoms with Gasteiger partial charge < -0.3 is 15.1 Å². The molecule has 0 spiro atoms. The highest BCUT2D eigenvalue weighted by Crippen LogP contribution is 2.21. The predicted molar refractivity (Wildman–Crippen MR) is 103 cm³/mol. The molecule has 6 heteroatoms. The number of halogens is 1. The molecule has 0 saturated heterocycles. The zero-order chi connectivity index (χ0) is 19.2. The third-order valence-electron chi connectivity index (χ3n) is 4.29. The Bertz CT molecular complexity index is 919. The molecule has 2 N–H and O–H groups in total. The molecule has 0 bridgehead atoms. The maximum Gasteiger partial charge on any atom is 0.319 e. The summed E-state index contributed by atoms with van der Waals surface area (Å²) >= 11 is 0. The van der Waals surface area contributed by atoms with E-state index >= 15 is 0 Å². The minimum absolute atomic E-state index is 0.249. The number of nitrogens with one attached hydrogen (secondary N) is 2. The Hall–Kier alpha value is -3.15. The summed E-state index contributed by atoms with van der Waals surface area (Å²) in [6, 6.07) is 11.7. The average molecular weight is 367 g/mol. The fraction of sp³-hybridized carbons (Fsp3) is 0.238. The fourth-order valence-electron chi connectivity index (χ4n) is 2.81. The summed E-state index contributed by atoms with van der Waals surface area (Å²) in [5.41, 5.74) is 4.42. The number of para-hydroxylation sites is 1. The summed E-state index contributed by atoms with van der Waals surface area (Å²) in [6.45, 7) is 4.46. The largest absolute Gasteiger partial charge is 0.444 e. The van der Waals surface area contributed by atoms with Crippen molar-refractivity contribution in [2.45, 2.75) is 26.7 Å². The van der Waals surface area contributed by atoms with Gasteiger partial charge in [-0.1, -0.05) is 25.1 Å². The lowest BCUT2D eigenvalue weighted by molar-refractivity contribution is 0.252. The average Bonchev–Trinajstić information content (AvgIpc) is 3.13. The van der Waals surface area contributed by atoms with Crippen molar-refractivity contribution < 1.29 is 13.6 Å². The number of nitrogens with zero attached hydrogens (tertiary/aromatic N) is 1. The van der Waals surface area contributed by atoms with Crippen LogP contribution in [-0.2, 0) is 12.8 Å². The zero-order valence-electron chi connectivity index (χ0n) is 15.4. The molecule has 0 aliphatic rings. The first kappa shape index (κ1) is 18.6. The maximum absolute atomic E-state index is 13.0. The van der Waals surface area contributed by atoms with Crippen molar-refractivity contribution in [1.82, 2.24) is 10.3 Å². The highest BCUT2D eigenvalue weighted by molar-refractivity contribution is 5.91. The second kappa shape index (κ2) is 8.49. The Morgan fingerprint density at radius 1 is 1.19 bits per heavy atom. The molecule has 1 heterocycles. The lowest BCUT2D eigenvalue weighted by atomic mass is 10.1. The molecule has 0 saturated carbocycles. The van der Waals surface area contributed by atoms with Crippen molar-refractivity contribution in [3.8, 4) is 11.5 Å². The van der Waals surface area contributed by atoms with Crippen LogP contribution in [0.15, 0.2) is 53.1 Å². The summed E-state index contributed by atoms with van der Waals surface area (Å²) in [5, 5.41) is 5.76. The Kier molecular flexibility index (Phi) is 5.86. The Morgan fingerprint density at radius 3 is 2.70 bits per heavy atom. The van der Waals surface area contributed by atoms with Crippen molar-refractivity contribution in [3.05, 3.63) is 71.4 Å². The standard InChI is InChI=1S/C21H22FN3O2/c1-3-15-6-4-5-14(2)19(15)25-21(26)23-12-11-18-13-27-20(24-18)16-7-9-17(22)10-8-16/h4-10,13H,3,11-12H2,1-2H3,(H2,23,25,26). The van der Waals surface area contributed by atoms with Gasteiger partial charge >= 0.3 is 6.03 Å². The number of aromatic nitrogens is 1. The second-order valence-electron chi connectivity index (χ2n) is 6.24. The van der Waals surface area contributed by atoms with E-state index in [9.17, 15) is 9.18 Å². The van der Waals surface area contributed by atoms with Crippen LogP contribution in [0.1, 0.15) is 23.7 Å². The van der Waals surface area contributed by atoms with Crippen LogP contribution >= 0.6 is 0 Å². The molecule has 0 unspecified atom stereocenters. The van der Waals surface area contributed by atoms with Gasteiger partial charge in [-0.05, 0) is 48.7 Å². The zero-order valence-corrected chi connectivity index (χ0v) is 15.4. The number of rotatable bonds is 6. The van der Waals surface area contributed by atoms with Crippen LogP contribution in [0.5, 0.6) is 0 Å². The predicted octanol–water partition coefficient (Wildman–Crippen LogP) is 4.72. The minimum Gasteiger partial charge on any atom is -0.444 e. The Balaban J connectivity index is 1.53. The molecule has 0 aliphatic carbocycles. The summed E-state index contributed by atoms with van der Waals surface area (Å²) in [5.74, 6) is 0.127. The van der Waals surface area contributed by atoms with Crippen LogP contribution in [0.4, 0.5) is 14.9 Å². The van der Waals surface area contributed by atoms with Gasteiger partial charge in [0.25, 0.3) is 0 Å². The molecule has 1 aromatic heterocycles. The van der Waals surface area contributed by atoms with Crippen LogP contribution in [-0.4, -0.2) is 17.6 Å². The molecule has 0 radical (unpaired) electrons. The van der Waals surface area contributed by atoms with E-state index in [4.69, 9.17) is 4.42 Å². The third-order valence-corrected chi connectivity index (χ3v) is 4.29. The lowest BCUT2D eigenvalue weighted by Crippen LogP contribution is -2.31. The van der Waals surface area contributed by atoms with Gasteiger partial charge in [0.15, 0.2) is 0 Å². The van der Waals surface area contributed by atoms with E-state index < -0.39 is 0 Å². The first-order valence-corrected chi connectivity index (χ1v) is 8.90. The molecule has 0 fully saturated rings. The molecule has 0 atom stereocenters. The normalized spacial score (nSPS) is 10.6. The number of benzene rings is 2. The van der Waals surface area contributed by atoms with Crippen LogP contribution < -0.4 is 10.6 Å². The molecule has 0 aliphatic heterocycles. The molecule has 2 amide bonds. The number of hydrogen-bond acceptors (Lipinski definition) is 3. The highest BCUT2D eigenvalue weighted by atomic mass is 19.1. The first-order chi connectivity index (χ1) is 13.1. The van der Waals surface area contributed by atoms with E-state index in [1.54, 1.807) is 18.4 Å². The van der Waals surface area contributed by atoms with Crippen LogP contribution in [0, 0.1) is 12.7 Å². The lowest BCUT2D eigenvalue weighted by Gasteiger charge is -2.13. The third kappa shape index (κ3) is 4.73. The highest BCUT2D eigenvalue weighted by Gasteiger charge is 2.10. The molecule has 27 heavy (non-hydrogen) atoms. The SMILES string of the molecule is CCc1cccc(C)c1NC(=O)NCCc1coc(-c2ccc(F)cc2)n1. The van der Waals surface area contributed by atoms with E-state index in [0.29, 0.717) is 24.4 Å². The summed E-state index contributed by atoms with van der Waals surface area (Å²) in [4.78, 5) is 16.6. The van der Waals surface area contributed by atoms with Gasteiger partial charge in [-0.15, -0.1) is 0 Å². The van der Waals surface area contributed by atoms with Gasteiger partial charge in [0, 0.05) is 24.2 Å². The molecule has 2 aromatic carbocycles. The van der Waals surface area contributed by atoms with Crippen molar-refractivity contribution in [1.29, 1.82) is 0 Å². The second-order valence-corrected chi connectivity index (χ2v) is 6.24. The molecular weight excluding hydrogens is 345 g/mol. The molecule has 3 aromatic rings. The van der Waals surface area contributed by atoms with E-state index in [0.717, 1.165) is 28.9 Å². The fourth-order valence-corrected chi connectivity index (χ4v) is 2.81. The quantitative estimate of drug-likeness (QED) is 0.663. The Morgan fingerprint density at radius 2 is 1.96 bits per heavy atom. The number of aryl methyl sites for hydroxylation is 2. The smallest absolute Gasteiger partial charge is 0.319 e. The number of hydrogen-bond donors (Lipinski definition) is 2. The number of carbonyl (C=O) groups excluding carboxylic acids is 1. The number of oxazole rings is 1. The first-order valence-electron chi connectivity index (χ1n) is 8.90. The summed E-state index contributed by atoms with van der Waals surface area (Å²) < 4.78 is 18.4. The number of amides is 2. The van der Waals surface area contributed by atoms with Gasteiger partial charge in [-0.25, -0.2) is 14.2 Å². The monoisotopic (exact) mass is 367 g/mol. The Labute approximate surface area is 157 Å². The van der Waals surface area contributed by atoms with E-state index in [1.807, 2.05) is 25.1 Å². The van der Waals surface area contributed by atoms with Crippen molar-refractivity contribution in [3.63, 3.8) is 0 Å². The van der Waals surface area contributed by atoms with Gasteiger partial charge in [-0.3, -0.25) is 0 Å². The van der Waals surface area contributed by atoms with Gasteiger partial charge in [-0.2, -0.15) is 0 Å². The minimum atomic E-state index is -0.305. The van der Waals surface area contributed by atoms with E-state index in [1.165, 1.54) is 12.1 Å². The summed E-state index contributed by atoms with van der Waals surface area (Å²) in [7, 11) is 0. The molecule has 3 rings (SSSR count). The van der Waals surface area contributed by atoms with Crippen LogP contribution in [0.2, 0.25) is 0 Å². The molecular formula is C21H22FN3O2. The van der Waals surface area contributed by atoms with Crippen molar-refractivity contribution in [2.24, 2.45) is 0 Å². The van der Waals surface area contributed by atoms with Crippen molar-refractivity contribution >= 4 is 11.7 Å². The van der Waals surface area contributed by atoms with Crippen molar-refractivity contribution in [2.75, 3.05) is 11.9 Å². The molecule has 140 valence electrons. The van der Waals surface area contributed by atoms with E-state index in [-0.39, 0.29) is 11.8 Å². The van der Waals surface area contributed by atoms with Crippen LogP contribution in [0.3, 0.4) is 0 Å². The summed E-state index contributed by atoms with van der Waals surface area (Å²) in [6.07, 6.45) is 2.93. The number of urea groups is 1. The van der Waals surface area contributed by atoms with Gasteiger partial charge in [0.2, 0.25) is 5.89 Å². The number of carbonyl (C=O) groups is 1. The van der Waals surface area contributed by atoms with Gasteiger partial charge in [0.05, 0.1) is 5.69 Å². The number of anilines is 1. The molecule has 5 nitrogen and oxygen atoms in total. The van der Waals surface area contributed by atoms with Gasteiger partial charge in [0.1, 0.15) is 12.1 Å². The van der Waals surface area contributed by atoms with E-state index in [2.05, 4.69) is 22.5 Å².